The molecule has 3 aromatic heterocycles. The van der Waals surface area contributed by atoms with Crippen LogP contribution in [0.3, 0.4) is 0 Å². The van der Waals surface area contributed by atoms with E-state index in [0.717, 1.165) is 20.8 Å². The molecule has 0 saturated carbocycles. The highest BCUT2D eigenvalue weighted by Crippen LogP contribution is 2.43. The van der Waals surface area contributed by atoms with Gasteiger partial charge in [-0.05, 0) is 48.0 Å². The lowest BCUT2D eigenvalue weighted by atomic mass is 9.95. The van der Waals surface area contributed by atoms with Crippen LogP contribution in [-0.2, 0) is 19.4 Å². The third-order valence-corrected chi connectivity index (χ3v) is 10.4. The maximum atomic E-state index is 14.0. The second-order valence-corrected chi connectivity index (χ2v) is 12.6. The zero-order chi connectivity index (χ0) is 25.4. The highest BCUT2D eigenvalue weighted by Gasteiger charge is 2.42. The van der Waals surface area contributed by atoms with Crippen molar-refractivity contribution in [1.29, 1.82) is 0 Å². The first-order valence-electron chi connectivity index (χ1n) is 10.9. The van der Waals surface area contributed by atoms with E-state index >= 15 is 0 Å². The lowest BCUT2D eigenvalue weighted by molar-refractivity contribution is -0.136. The van der Waals surface area contributed by atoms with Crippen LogP contribution in [0.2, 0.25) is 0 Å². The van der Waals surface area contributed by atoms with Crippen LogP contribution in [0.25, 0.3) is 17.5 Å². The first-order valence-corrected chi connectivity index (χ1v) is 14.9. The Hall–Kier alpha value is -3.25. The molecule has 0 aliphatic carbocycles. The fraction of sp³-hybridized carbons (Fsp3) is 0.120. The van der Waals surface area contributed by atoms with Gasteiger partial charge in [-0.2, -0.15) is 0 Å². The molecule has 1 atom stereocenters. The maximum Gasteiger partial charge on any atom is 0.338 e. The molecule has 0 saturated heterocycles. The first kappa shape index (κ1) is 24.4. The van der Waals surface area contributed by atoms with Gasteiger partial charge < -0.3 is 10.5 Å². The number of sulfone groups is 1. The van der Waals surface area contributed by atoms with E-state index in [1.54, 1.807) is 48.7 Å². The van der Waals surface area contributed by atoms with Crippen molar-refractivity contribution < 1.29 is 17.9 Å². The summed E-state index contributed by atoms with van der Waals surface area (Å²) in [7, 11) is -4.20. The second-order valence-electron chi connectivity index (χ2n) is 7.72. The van der Waals surface area contributed by atoms with Crippen LogP contribution in [0, 0.1) is 0 Å². The number of rotatable bonds is 6. The highest BCUT2D eigenvalue weighted by molar-refractivity contribution is 7.95. The number of aromatic nitrogens is 1. The third kappa shape index (κ3) is 4.07. The van der Waals surface area contributed by atoms with Crippen molar-refractivity contribution in [2.75, 3.05) is 6.61 Å². The van der Waals surface area contributed by atoms with E-state index in [1.165, 1.54) is 34.8 Å². The molecule has 5 rings (SSSR count). The van der Waals surface area contributed by atoms with Crippen molar-refractivity contribution in [2.45, 2.75) is 17.7 Å². The third-order valence-electron chi connectivity index (χ3n) is 5.58. The van der Waals surface area contributed by atoms with E-state index in [0.29, 0.717) is 9.41 Å². The molecule has 11 heteroatoms. The van der Waals surface area contributed by atoms with Gasteiger partial charge in [-0.25, -0.2) is 13.2 Å². The predicted octanol–water partition coefficient (Wildman–Crippen LogP) is 2.93. The summed E-state index contributed by atoms with van der Waals surface area (Å²) in [6.45, 7) is 1.76. The minimum Gasteiger partial charge on any atom is -0.463 e. The van der Waals surface area contributed by atoms with E-state index in [9.17, 15) is 18.0 Å². The topological polar surface area (TPSA) is 108 Å². The quantitative estimate of drug-likeness (QED) is 0.366. The Bertz CT molecular complexity index is 1750. The van der Waals surface area contributed by atoms with Crippen LogP contribution in [-0.4, -0.2) is 25.6 Å². The molecule has 1 aliphatic heterocycles. The Morgan fingerprint density at radius 1 is 1.08 bits per heavy atom. The van der Waals surface area contributed by atoms with Crippen molar-refractivity contribution >= 4 is 67.3 Å². The summed E-state index contributed by atoms with van der Waals surface area (Å²) in [5.41, 5.74) is 6.12. The highest BCUT2D eigenvalue weighted by atomic mass is 32.2. The van der Waals surface area contributed by atoms with Crippen LogP contribution in [0.15, 0.2) is 80.0 Å². The van der Waals surface area contributed by atoms with E-state index < -0.39 is 27.3 Å². The Balaban J connectivity index is 1.92. The van der Waals surface area contributed by atoms with Crippen LogP contribution in [0.5, 0.6) is 0 Å². The smallest absolute Gasteiger partial charge is 0.338 e. The zero-order valence-corrected chi connectivity index (χ0v) is 22.2. The van der Waals surface area contributed by atoms with Crippen LogP contribution >= 0.6 is 34.0 Å². The summed E-state index contributed by atoms with van der Waals surface area (Å²) in [5.74, 6) is -1.93. The summed E-state index contributed by atoms with van der Waals surface area (Å²) >= 11 is 3.85. The summed E-state index contributed by atoms with van der Waals surface area (Å²) in [6, 6.07) is 15.1. The Labute approximate surface area is 218 Å². The summed E-state index contributed by atoms with van der Waals surface area (Å²) in [5, 5.41) is 3.69. The first-order chi connectivity index (χ1) is 17.3. The molecule has 184 valence electrons. The standard InChI is InChI=1S/C25H20N2O5S4/c1-2-32-25(29)20-19(17-11-7-13-34-17)21(36(30,31)16-9-4-3-5-10-16)22(26)27-23(28)18(35-24(20)27)14-15-8-6-12-33-15/h3-14,19H,2,26H2,1H3/b18-14+. The second kappa shape index (κ2) is 9.66. The van der Waals surface area contributed by atoms with Gasteiger partial charge >= 0.3 is 5.97 Å². The monoisotopic (exact) mass is 556 g/mol. The number of thiazole rings is 1. The largest absolute Gasteiger partial charge is 0.463 e. The molecule has 7 nitrogen and oxygen atoms in total. The number of hydrogen-bond donors (Lipinski definition) is 1. The van der Waals surface area contributed by atoms with Gasteiger partial charge in [0.1, 0.15) is 15.4 Å². The van der Waals surface area contributed by atoms with E-state index in [2.05, 4.69) is 0 Å². The number of allylic oxidation sites excluding steroid dienone is 1. The van der Waals surface area contributed by atoms with Gasteiger partial charge in [-0.15, -0.1) is 34.0 Å². The van der Waals surface area contributed by atoms with Gasteiger partial charge in [0.15, 0.2) is 0 Å². The lowest BCUT2D eigenvalue weighted by Crippen LogP contribution is -2.41. The van der Waals surface area contributed by atoms with Gasteiger partial charge in [0.05, 0.1) is 27.5 Å². The number of fused-ring (bicyclic) bond motifs is 1. The molecule has 1 unspecified atom stereocenters. The summed E-state index contributed by atoms with van der Waals surface area (Å²) < 4.78 is 35.1. The molecule has 0 radical (unpaired) electrons. The van der Waals surface area contributed by atoms with Crippen molar-refractivity contribution in [3.05, 3.63) is 99.6 Å². The number of thiophene rings is 2. The Morgan fingerprint density at radius 3 is 2.44 bits per heavy atom. The zero-order valence-electron chi connectivity index (χ0n) is 18.9. The summed E-state index contributed by atoms with van der Waals surface area (Å²) in [4.78, 5) is 28.2. The van der Waals surface area contributed by atoms with Gasteiger partial charge in [0.25, 0.3) is 5.56 Å². The predicted molar refractivity (Wildman–Crippen MR) is 144 cm³/mol. The molecule has 0 spiro atoms. The SMILES string of the molecule is CCOC(=O)C1=c2s/c(=C/c3cccs3)c(=O)n2C(N)=C(S(=O)(=O)c2ccccc2)C1c1cccs1. The molecular formula is C25H20N2O5S4. The van der Waals surface area contributed by atoms with Crippen molar-refractivity contribution in [1.82, 2.24) is 4.57 Å². The fourth-order valence-corrected chi connectivity index (χ4v) is 8.55. The minimum absolute atomic E-state index is 0.0183. The molecule has 4 aromatic rings. The Kier molecular flexibility index (Phi) is 6.56. The number of ether oxygens (including phenoxy) is 1. The number of benzene rings is 1. The Morgan fingerprint density at radius 2 is 1.81 bits per heavy atom. The molecule has 1 aromatic carbocycles. The minimum atomic E-state index is -4.20. The summed E-state index contributed by atoms with van der Waals surface area (Å²) in [6.07, 6.45) is 1.71. The molecule has 0 amide bonds. The number of nitrogens with zero attached hydrogens (tertiary/aromatic N) is 1. The fourth-order valence-electron chi connectivity index (χ4n) is 4.06. The van der Waals surface area contributed by atoms with Crippen molar-refractivity contribution in [3.63, 3.8) is 0 Å². The number of esters is 1. The maximum absolute atomic E-state index is 14.0. The van der Waals surface area contributed by atoms with Crippen molar-refractivity contribution in [3.8, 4) is 0 Å². The van der Waals surface area contributed by atoms with Gasteiger partial charge in [-0.1, -0.05) is 30.3 Å². The van der Waals surface area contributed by atoms with Crippen molar-refractivity contribution in [2.24, 2.45) is 5.73 Å². The van der Waals surface area contributed by atoms with E-state index in [1.807, 2.05) is 17.5 Å². The van der Waals surface area contributed by atoms with Gasteiger partial charge in [0, 0.05) is 9.75 Å². The van der Waals surface area contributed by atoms with E-state index in [4.69, 9.17) is 10.5 Å². The molecule has 2 N–H and O–H groups in total. The van der Waals surface area contributed by atoms with E-state index in [-0.39, 0.29) is 32.5 Å². The average Bonchev–Trinajstić information content (AvgIpc) is 3.63. The van der Waals surface area contributed by atoms with Gasteiger partial charge in [-0.3, -0.25) is 9.36 Å². The number of carbonyl (C=O) groups excluding carboxylic acids is 1. The molecule has 0 fully saturated rings. The molecule has 4 heterocycles. The van der Waals surface area contributed by atoms with Crippen LogP contribution in [0.1, 0.15) is 22.6 Å². The molecular weight excluding hydrogens is 537 g/mol. The number of carbonyl (C=O) groups is 1. The molecule has 36 heavy (non-hydrogen) atoms. The average molecular weight is 557 g/mol. The lowest BCUT2D eigenvalue weighted by Gasteiger charge is -2.27. The normalized spacial score (nSPS) is 16.3. The van der Waals surface area contributed by atoms with Crippen LogP contribution in [0.4, 0.5) is 0 Å². The number of hydrogen-bond acceptors (Lipinski definition) is 9. The van der Waals surface area contributed by atoms with Gasteiger partial charge in [0.2, 0.25) is 9.84 Å². The molecule has 0 bridgehead atoms. The molecule has 1 aliphatic rings. The number of nitrogens with two attached hydrogens (primary N) is 1. The van der Waals surface area contributed by atoms with Crippen LogP contribution < -0.4 is 20.5 Å².